The number of aldehydes is 1. The summed E-state index contributed by atoms with van der Waals surface area (Å²) >= 11 is 0. The van der Waals surface area contributed by atoms with E-state index in [1.54, 1.807) is 0 Å². The molecule has 3 heteroatoms. The molecule has 2 aromatic carbocycles. The molecule has 1 aliphatic rings. The van der Waals surface area contributed by atoms with Gasteiger partial charge in [-0.1, -0.05) is 43.3 Å². The van der Waals surface area contributed by atoms with E-state index in [4.69, 9.17) is 4.74 Å². The number of carbonyl (C=O) groups is 1. The van der Waals surface area contributed by atoms with Gasteiger partial charge in [0.25, 0.3) is 0 Å². The molecule has 132 valence electrons. The van der Waals surface area contributed by atoms with Gasteiger partial charge in [-0.05, 0) is 54.2 Å². The largest absolute Gasteiger partial charge is 0.388 e. The number of nitrogens with one attached hydrogen (secondary N) is 1. The Hall–Kier alpha value is -2.39. The predicted octanol–water partition coefficient (Wildman–Crippen LogP) is 4.98. The van der Waals surface area contributed by atoms with E-state index in [9.17, 15) is 4.79 Å². The van der Waals surface area contributed by atoms with E-state index in [2.05, 4.69) is 42.6 Å². The molecule has 3 rings (SSSR count). The molecule has 0 spiro atoms. The quantitative estimate of drug-likeness (QED) is 0.799. The SMILES string of the molecule is CCc1ccccc1.CNc1ccc(C=O)cc1/C=C1/CCCOC1. The second kappa shape index (κ2) is 10.5. The predicted molar refractivity (Wildman–Crippen MR) is 105 cm³/mol. The van der Waals surface area contributed by atoms with Crippen molar-refractivity contribution in [3.8, 4) is 0 Å². The van der Waals surface area contributed by atoms with E-state index < -0.39 is 0 Å². The lowest BCUT2D eigenvalue weighted by atomic mass is 10.0. The summed E-state index contributed by atoms with van der Waals surface area (Å²) in [4.78, 5) is 10.8. The van der Waals surface area contributed by atoms with Crippen LogP contribution in [0.1, 0.15) is 41.3 Å². The lowest BCUT2D eigenvalue weighted by Gasteiger charge is -2.15. The fourth-order valence-electron chi connectivity index (χ4n) is 2.73. The zero-order valence-corrected chi connectivity index (χ0v) is 15.1. The van der Waals surface area contributed by atoms with Gasteiger partial charge in [0.2, 0.25) is 0 Å². The fourth-order valence-corrected chi connectivity index (χ4v) is 2.73. The Bertz CT molecular complexity index is 684. The fraction of sp³-hybridized carbons (Fsp3) is 0.318. The number of hydrogen-bond acceptors (Lipinski definition) is 3. The van der Waals surface area contributed by atoms with E-state index in [1.165, 1.54) is 11.1 Å². The van der Waals surface area contributed by atoms with Crippen molar-refractivity contribution in [1.82, 2.24) is 0 Å². The Morgan fingerprint density at radius 3 is 2.52 bits per heavy atom. The van der Waals surface area contributed by atoms with Crippen LogP contribution in [0.25, 0.3) is 6.08 Å². The molecule has 0 atom stereocenters. The van der Waals surface area contributed by atoms with Crippen LogP contribution in [0.15, 0.2) is 54.1 Å². The number of ether oxygens (including phenoxy) is 1. The number of carbonyl (C=O) groups excluding carboxylic acids is 1. The summed E-state index contributed by atoms with van der Waals surface area (Å²) < 4.78 is 5.43. The zero-order valence-electron chi connectivity index (χ0n) is 15.1. The molecule has 1 heterocycles. The summed E-state index contributed by atoms with van der Waals surface area (Å²) in [5.41, 5.74) is 5.49. The standard InChI is InChI=1S/C14H17NO2.C8H10/c1-15-14-5-4-11(9-16)7-13(14)8-12-3-2-6-17-10-12;1-2-8-6-4-3-5-7-8/h4-5,7-9,15H,2-3,6,10H2,1H3;3-7H,2H2,1H3/b12-8-;. The molecular formula is C22H27NO2. The lowest BCUT2D eigenvalue weighted by molar-refractivity contribution is 0.112. The van der Waals surface area contributed by atoms with E-state index in [-0.39, 0.29) is 0 Å². The number of anilines is 1. The smallest absolute Gasteiger partial charge is 0.150 e. The van der Waals surface area contributed by atoms with Gasteiger partial charge in [-0.3, -0.25) is 4.79 Å². The van der Waals surface area contributed by atoms with Gasteiger partial charge in [0.15, 0.2) is 0 Å². The first kappa shape index (κ1) is 18.9. The second-order valence-electron chi connectivity index (χ2n) is 6.01. The third-order valence-electron chi connectivity index (χ3n) is 4.17. The first-order chi connectivity index (χ1) is 12.3. The highest BCUT2D eigenvalue weighted by molar-refractivity contribution is 5.80. The Morgan fingerprint density at radius 2 is 1.96 bits per heavy atom. The first-order valence-electron chi connectivity index (χ1n) is 8.85. The summed E-state index contributed by atoms with van der Waals surface area (Å²) in [6.45, 7) is 3.72. The number of aryl methyl sites for hydroxylation is 1. The molecule has 0 amide bonds. The molecule has 0 bridgehead atoms. The maximum Gasteiger partial charge on any atom is 0.150 e. The van der Waals surface area contributed by atoms with Crippen LogP contribution in [-0.4, -0.2) is 26.5 Å². The average molecular weight is 337 g/mol. The zero-order chi connectivity index (χ0) is 17.9. The molecule has 0 aliphatic carbocycles. The monoisotopic (exact) mass is 337 g/mol. The molecule has 1 N–H and O–H groups in total. The number of hydrogen-bond donors (Lipinski definition) is 1. The van der Waals surface area contributed by atoms with E-state index >= 15 is 0 Å². The number of benzene rings is 2. The minimum atomic E-state index is 0.701. The molecule has 0 radical (unpaired) electrons. The average Bonchev–Trinajstić information content (AvgIpc) is 2.70. The summed E-state index contributed by atoms with van der Waals surface area (Å²) in [5.74, 6) is 0. The Kier molecular flexibility index (Phi) is 7.93. The van der Waals surface area contributed by atoms with Crippen LogP contribution in [0.3, 0.4) is 0 Å². The third-order valence-corrected chi connectivity index (χ3v) is 4.17. The highest BCUT2D eigenvalue weighted by Gasteiger charge is 2.07. The summed E-state index contributed by atoms with van der Waals surface area (Å²) in [6.07, 6.45) is 6.29. The molecule has 0 aromatic heterocycles. The van der Waals surface area contributed by atoms with Crippen LogP contribution in [0.5, 0.6) is 0 Å². The van der Waals surface area contributed by atoms with Crippen LogP contribution in [-0.2, 0) is 11.2 Å². The molecule has 1 aliphatic heterocycles. The Labute approximate surface area is 150 Å². The van der Waals surface area contributed by atoms with Gasteiger partial charge in [-0.15, -0.1) is 0 Å². The van der Waals surface area contributed by atoms with Gasteiger partial charge in [-0.2, -0.15) is 0 Å². The highest BCUT2D eigenvalue weighted by atomic mass is 16.5. The molecule has 1 fully saturated rings. The van der Waals surface area contributed by atoms with Crippen molar-refractivity contribution in [2.24, 2.45) is 0 Å². The topological polar surface area (TPSA) is 38.3 Å². The van der Waals surface area contributed by atoms with Crippen molar-refractivity contribution in [2.45, 2.75) is 26.2 Å². The van der Waals surface area contributed by atoms with Gasteiger partial charge in [0.05, 0.1) is 6.61 Å². The van der Waals surface area contributed by atoms with E-state index in [0.717, 1.165) is 43.4 Å². The molecule has 2 aromatic rings. The normalized spacial score (nSPS) is 15.2. The minimum absolute atomic E-state index is 0.701. The minimum Gasteiger partial charge on any atom is -0.388 e. The van der Waals surface area contributed by atoms with E-state index in [0.29, 0.717) is 12.2 Å². The van der Waals surface area contributed by atoms with Crippen molar-refractivity contribution in [3.63, 3.8) is 0 Å². The van der Waals surface area contributed by atoms with Gasteiger partial charge in [0.1, 0.15) is 6.29 Å². The molecule has 1 saturated heterocycles. The van der Waals surface area contributed by atoms with Crippen molar-refractivity contribution in [3.05, 3.63) is 70.8 Å². The van der Waals surface area contributed by atoms with Crippen LogP contribution in [0.4, 0.5) is 5.69 Å². The van der Waals surface area contributed by atoms with Crippen molar-refractivity contribution in [2.75, 3.05) is 25.6 Å². The van der Waals surface area contributed by atoms with Crippen molar-refractivity contribution < 1.29 is 9.53 Å². The lowest BCUT2D eigenvalue weighted by Crippen LogP contribution is -2.07. The first-order valence-corrected chi connectivity index (χ1v) is 8.85. The molecule has 0 saturated carbocycles. The van der Waals surface area contributed by atoms with Crippen molar-refractivity contribution >= 4 is 18.0 Å². The maximum atomic E-state index is 10.8. The molecule has 0 unspecified atom stereocenters. The van der Waals surface area contributed by atoms with Crippen LogP contribution in [0, 0.1) is 0 Å². The maximum absolute atomic E-state index is 10.8. The summed E-state index contributed by atoms with van der Waals surface area (Å²) in [7, 11) is 1.88. The van der Waals surface area contributed by atoms with E-state index in [1.807, 2.05) is 31.3 Å². The molecule has 3 nitrogen and oxygen atoms in total. The van der Waals surface area contributed by atoms with Crippen LogP contribution < -0.4 is 5.32 Å². The Morgan fingerprint density at radius 1 is 1.16 bits per heavy atom. The van der Waals surface area contributed by atoms with Gasteiger partial charge in [0, 0.05) is 24.9 Å². The summed E-state index contributed by atoms with van der Waals surface area (Å²) in [6, 6.07) is 16.1. The van der Waals surface area contributed by atoms with Crippen molar-refractivity contribution in [1.29, 1.82) is 0 Å². The third kappa shape index (κ3) is 6.20. The number of rotatable bonds is 4. The summed E-state index contributed by atoms with van der Waals surface area (Å²) in [5, 5.41) is 3.14. The van der Waals surface area contributed by atoms with Gasteiger partial charge < -0.3 is 10.1 Å². The molecular weight excluding hydrogens is 310 g/mol. The van der Waals surface area contributed by atoms with Crippen LogP contribution >= 0.6 is 0 Å². The highest BCUT2D eigenvalue weighted by Crippen LogP contribution is 2.22. The second-order valence-corrected chi connectivity index (χ2v) is 6.01. The Balaban J connectivity index is 0.000000236. The van der Waals surface area contributed by atoms with Gasteiger partial charge >= 0.3 is 0 Å². The van der Waals surface area contributed by atoms with Gasteiger partial charge in [-0.25, -0.2) is 0 Å². The molecule has 25 heavy (non-hydrogen) atoms. The van der Waals surface area contributed by atoms with Crippen LogP contribution in [0.2, 0.25) is 0 Å².